The number of nitrogen functional groups attached to an aromatic ring is 1. The van der Waals surface area contributed by atoms with Gasteiger partial charge in [-0.15, -0.1) is 0 Å². The van der Waals surface area contributed by atoms with Crippen molar-refractivity contribution in [2.45, 2.75) is 6.61 Å². The molecule has 2 rings (SSSR count). The Morgan fingerprint density at radius 3 is 2.75 bits per heavy atom. The lowest BCUT2D eigenvalue weighted by molar-refractivity contribution is 0.303. The molecule has 0 radical (unpaired) electrons. The van der Waals surface area contributed by atoms with E-state index in [2.05, 4.69) is 22.0 Å². The number of rotatable bonds is 4. The van der Waals surface area contributed by atoms with E-state index in [1.165, 1.54) is 0 Å². The van der Waals surface area contributed by atoms with Crippen molar-refractivity contribution in [3.63, 3.8) is 0 Å². The molecule has 2 aromatic rings. The van der Waals surface area contributed by atoms with Crippen molar-refractivity contribution in [1.82, 2.24) is 0 Å². The van der Waals surface area contributed by atoms with Crippen LogP contribution in [0.1, 0.15) is 11.1 Å². The number of benzene rings is 2. The number of methoxy groups -OCH3 is 1. The van der Waals surface area contributed by atoms with E-state index in [0.717, 1.165) is 15.8 Å². The lowest BCUT2D eigenvalue weighted by Gasteiger charge is -2.11. The van der Waals surface area contributed by atoms with Gasteiger partial charge in [-0.2, -0.15) is 5.26 Å². The first kappa shape index (κ1) is 14.2. The predicted octanol–water partition coefficient (Wildman–Crippen LogP) is 3.49. The van der Waals surface area contributed by atoms with Crippen molar-refractivity contribution in [3.8, 4) is 17.6 Å². The smallest absolute Gasteiger partial charge is 0.137 e. The van der Waals surface area contributed by atoms with Gasteiger partial charge >= 0.3 is 0 Å². The zero-order valence-electron chi connectivity index (χ0n) is 10.9. The van der Waals surface area contributed by atoms with Crippen LogP contribution in [0.25, 0.3) is 0 Å². The molecule has 0 saturated heterocycles. The quantitative estimate of drug-likeness (QED) is 0.870. The van der Waals surface area contributed by atoms with Gasteiger partial charge in [0.25, 0.3) is 0 Å². The van der Waals surface area contributed by atoms with Crippen molar-refractivity contribution in [3.05, 3.63) is 52.0 Å². The molecule has 2 aromatic carbocycles. The van der Waals surface area contributed by atoms with E-state index < -0.39 is 0 Å². The van der Waals surface area contributed by atoms with Crippen molar-refractivity contribution in [1.29, 1.82) is 5.26 Å². The van der Waals surface area contributed by atoms with E-state index >= 15 is 0 Å². The van der Waals surface area contributed by atoms with Crippen LogP contribution >= 0.6 is 15.9 Å². The summed E-state index contributed by atoms with van der Waals surface area (Å²) in [6, 6.07) is 12.7. The first-order valence-corrected chi connectivity index (χ1v) is 6.68. The molecule has 0 atom stereocenters. The number of nitrogens with zero attached hydrogens (tertiary/aromatic N) is 1. The second-order valence-corrected chi connectivity index (χ2v) is 4.97. The molecule has 0 bridgehead atoms. The molecule has 0 aliphatic carbocycles. The van der Waals surface area contributed by atoms with Gasteiger partial charge in [0.05, 0.1) is 12.7 Å². The Labute approximate surface area is 125 Å². The molecule has 0 unspecified atom stereocenters. The van der Waals surface area contributed by atoms with Gasteiger partial charge in [0.1, 0.15) is 24.2 Å². The lowest BCUT2D eigenvalue weighted by Crippen LogP contribution is -1.99. The summed E-state index contributed by atoms with van der Waals surface area (Å²) in [5, 5.41) is 9.06. The van der Waals surface area contributed by atoms with Gasteiger partial charge in [-0.05, 0) is 36.4 Å². The third-order valence-corrected chi connectivity index (χ3v) is 3.53. The molecular formula is C15H13BrN2O2. The third kappa shape index (κ3) is 3.22. The summed E-state index contributed by atoms with van der Waals surface area (Å²) in [4.78, 5) is 0. The number of nitriles is 1. The predicted molar refractivity (Wildman–Crippen MR) is 80.6 cm³/mol. The molecule has 0 aliphatic heterocycles. The number of halogens is 1. The highest BCUT2D eigenvalue weighted by Gasteiger charge is 2.07. The monoisotopic (exact) mass is 332 g/mol. The number of ether oxygens (including phenoxy) is 2. The van der Waals surface area contributed by atoms with Crippen molar-refractivity contribution >= 4 is 21.6 Å². The van der Waals surface area contributed by atoms with Crippen LogP contribution in [0.5, 0.6) is 11.5 Å². The summed E-state index contributed by atoms with van der Waals surface area (Å²) in [7, 11) is 1.61. The van der Waals surface area contributed by atoms with E-state index in [1.54, 1.807) is 25.3 Å². The summed E-state index contributed by atoms with van der Waals surface area (Å²) in [5.41, 5.74) is 7.54. The van der Waals surface area contributed by atoms with E-state index in [4.69, 9.17) is 20.5 Å². The van der Waals surface area contributed by atoms with E-state index in [0.29, 0.717) is 23.6 Å². The van der Waals surface area contributed by atoms with Gasteiger partial charge in [-0.25, -0.2) is 0 Å². The van der Waals surface area contributed by atoms with E-state index in [9.17, 15) is 0 Å². The Kier molecular flexibility index (Phi) is 4.49. The van der Waals surface area contributed by atoms with Crippen LogP contribution in [0.2, 0.25) is 0 Å². The van der Waals surface area contributed by atoms with Gasteiger partial charge in [-0.3, -0.25) is 0 Å². The fourth-order valence-electron chi connectivity index (χ4n) is 1.71. The summed E-state index contributed by atoms with van der Waals surface area (Å²) >= 11 is 3.46. The fourth-order valence-corrected chi connectivity index (χ4v) is 2.07. The molecule has 0 aliphatic rings. The minimum atomic E-state index is 0.330. The number of anilines is 1. The van der Waals surface area contributed by atoms with Crippen LogP contribution in [0.4, 0.5) is 5.69 Å². The van der Waals surface area contributed by atoms with Gasteiger partial charge in [0.2, 0.25) is 0 Å². The second kappa shape index (κ2) is 6.31. The van der Waals surface area contributed by atoms with Gasteiger partial charge in [-0.1, -0.05) is 15.9 Å². The number of nitrogens with two attached hydrogens (primary N) is 1. The average molecular weight is 333 g/mol. The maximum atomic E-state index is 9.06. The fraction of sp³-hybridized carbons (Fsp3) is 0.133. The highest BCUT2D eigenvalue weighted by Crippen LogP contribution is 2.26. The first-order valence-electron chi connectivity index (χ1n) is 5.89. The summed E-state index contributed by atoms with van der Waals surface area (Å²) in [5.74, 6) is 1.26. The van der Waals surface area contributed by atoms with Crippen molar-refractivity contribution in [2.75, 3.05) is 12.8 Å². The highest BCUT2D eigenvalue weighted by molar-refractivity contribution is 9.10. The van der Waals surface area contributed by atoms with Crippen LogP contribution in [-0.2, 0) is 6.61 Å². The minimum Gasteiger partial charge on any atom is -0.497 e. The van der Waals surface area contributed by atoms with E-state index in [1.807, 2.05) is 18.2 Å². The molecular weight excluding hydrogens is 320 g/mol. The van der Waals surface area contributed by atoms with Crippen LogP contribution in [-0.4, -0.2) is 7.11 Å². The standard InChI is InChI=1S/C15H13BrN2O2/c1-19-13-3-4-14(16)11(7-13)9-20-15-5-2-12(18)6-10(15)8-17/h2-7H,9,18H2,1H3. The summed E-state index contributed by atoms with van der Waals surface area (Å²) in [6.45, 7) is 0.330. The van der Waals surface area contributed by atoms with Crippen LogP contribution < -0.4 is 15.2 Å². The Bertz CT molecular complexity index is 665. The third-order valence-electron chi connectivity index (χ3n) is 2.76. The normalized spacial score (nSPS) is 9.85. The highest BCUT2D eigenvalue weighted by atomic mass is 79.9. The average Bonchev–Trinajstić information content (AvgIpc) is 2.47. The van der Waals surface area contributed by atoms with Gasteiger partial charge in [0, 0.05) is 15.7 Å². The summed E-state index contributed by atoms with van der Waals surface area (Å²) < 4.78 is 11.8. The number of hydrogen-bond acceptors (Lipinski definition) is 4. The Hall–Kier alpha value is -2.19. The SMILES string of the molecule is COc1ccc(Br)c(COc2ccc(N)cc2C#N)c1. The van der Waals surface area contributed by atoms with Crippen LogP contribution in [0, 0.1) is 11.3 Å². The Morgan fingerprint density at radius 2 is 2.05 bits per heavy atom. The molecule has 0 saturated carbocycles. The zero-order valence-corrected chi connectivity index (χ0v) is 12.5. The molecule has 0 fully saturated rings. The number of hydrogen-bond donors (Lipinski definition) is 1. The zero-order chi connectivity index (χ0) is 14.5. The molecule has 0 aromatic heterocycles. The molecule has 102 valence electrons. The Morgan fingerprint density at radius 1 is 1.25 bits per heavy atom. The van der Waals surface area contributed by atoms with Crippen molar-refractivity contribution < 1.29 is 9.47 Å². The maximum Gasteiger partial charge on any atom is 0.137 e. The van der Waals surface area contributed by atoms with Crippen LogP contribution in [0.3, 0.4) is 0 Å². The largest absolute Gasteiger partial charge is 0.497 e. The minimum absolute atomic E-state index is 0.330. The first-order chi connectivity index (χ1) is 9.63. The summed E-state index contributed by atoms with van der Waals surface area (Å²) in [6.07, 6.45) is 0. The molecule has 0 spiro atoms. The lowest BCUT2D eigenvalue weighted by atomic mass is 10.2. The van der Waals surface area contributed by atoms with Crippen molar-refractivity contribution in [2.24, 2.45) is 0 Å². The molecule has 0 heterocycles. The molecule has 2 N–H and O–H groups in total. The molecule has 0 amide bonds. The molecule has 20 heavy (non-hydrogen) atoms. The topological polar surface area (TPSA) is 68.3 Å². The molecule has 4 nitrogen and oxygen atoms in total. The van der Waals surface area contributed by atoms with Gasteiger partial charge < -0.3 is 15.2 Å². The maximum absolute atomic E-state index is 9.06. The van der Waals surface area contributed by atoms with Gasteiger partial charge in [0.15, 0.2) is 0 Å². The Balaban J connectivity index is 2.19. The van der Waals surface area contributed by atoms with Crippen LogP contribution in [0.15, 0.2) is 40.9 Å². The second-order valence-electron chi connectivity index (χ2n) is 4.11. The van der Waals surface area contributed by atoms with E-state index in [-0.39, 0.29) is 0 Å². The molecule has 5 heteroatoms.